The molecule has 1 heteroatoms. The van der Waals surface area contributed by atoms with Gasteiger partial charge in [-0.25, -0.2) is 4.58 Å². The number of allylic oxidation sites excluding steroid dienone is 4. The van der Waals surface area contributed by atoms with Gasteiger partial charge in [0, 0.05) is 18.4 Å². The van der Waals surface area contributed by atoms with Crippen molar-refractivity contribution in [3.05, 3.63) is 48.7 Å². The van der Waals surface area contributed by atoms with Gasteiger partial charge in [0.1, 0.15) is 0 Å². The molecule has 2 aliphatic rings. The molecule has 0 spiro atoms. The number of rotatable bonds is 1. The minimum atomic E-state index is 1.08. The fraction of sp³-hybridized carbons (Fsp3) is 0.308. The van der Waals surface area contributed by atoms with E-state index in [0.717, 1.165) is 25.8 Å². The highest BCUT2D eigenvalue weighted by molar-refractivity contribution is 6.00. The van der Waals surface area contributed by atoms with E-state index in [1.165, 1.54) is 16.9 Å². The molecule has 0 N–H and O–H groups in total. The SMILES string of the molecule is C=CC=C1CC[N+]2=C(CCC=C2)C1=C. The van der Waals surface area contributed by atoms with Crippen LogP contribution in [0.2, 0.25) is 0 Å². The predicted octanol–water partition coefficient (Wildman–Crippen LogP) is 2.82. The van der Waals surface area contributed by atoms with Gasteiger partial charge in [-0.3, -0.25) is 0 Å². The maximum Gasteiger partial charge on any atom is 0.188 e. The van der Waals surface area contributed by atoms with Crippen LogP contribution < -0.4 is 0 Å². The highest BCUT2D eigenvalue weighted by Crippen LogP contribution is 2.23. The molecule has 0 saturated heterocycles. The third-order valence-corrected chi connectivity index (χ3v) is 2.86. The Morgan fingerprint density at radius 1 is 1.36 bits per heavy atom. The van der Waals surface area contributed by atoms with Crippen molar-refractivity contribution in [1.29, 1.82) is 0 Å². The summed E-state index contributed by atoms with van der Waals surface area (Å²) in [7, 11) is 0. The molecule has 72 valence electrons. The Morgan fingerprint density at radius 2 is 2.21 bits per heavy atom. The second kappa shape index (κ2) is 3.79. The van der Waals surface area contributed by atoms with Crippen LogP contribution in [0, 0.1) is 0 Å². The normalized spacial score (nSPS) is 24.0. The van der Waals surface area contributed by atoms with Crippen LogP contribution in [0.1, 0.15) is 19.3 Å². The van der Waals surface area contributed by atoms with Crippen molar-refractivity contribution in [3.8, 4) is 0 Å². The number of hydrogen-bond donors (Lipinski definition) is 0. The van der Waals surface area contributed by atoms with Crippen LogP contribution in [0.4, 0.5) is 0 Å². The van der Waals surface area contributed by atoms with Gasteiger partial charge in [0.05, 0.1) is 0 Å². The predicted molar refractivity (Wildman–Crippen MR) is 60.5 cm³/mol. The maximum absolute atomic E-state index is 4.17. The van der Waals surface area contributed by atoms with Crippen molar-refractivity contribution in [2.75, 3.05) is 6.54 Å². The van der Waals surface area contributed by atoms with Crippen molar-refractivity contribution in [3.63, 3.8) is 0 Å². The van der Waals surface area contributed by atoms with Gasteiger partial charge in [-0.2, -0.15) is 0 Å². The first-order valence-electron chi connectivity index (χ1n) is 5.13. The Hall–Kier alpha value is -1.37. The van der Waals surface area contributed by atoms with Crippen LogP contribution in [0.25, 0.3) is 0 Å². The molecular formula is C13H16N+. The van der Waals surface area contributed by atoms with Gasteiger partial charge in [-0.15, -0.1) is 0 Å². The van der Waals surface area contributed by atoms with Gasteiger partial charge in [-0.1, -0.05) is 25.3 Å². The molecule has 0 aromatic rings. The molecule has 14 heavy (non-hydrogen) atoms. The molecule has 2 rings (SSSR count). The molecular weight excluding hydrogens is 170 g/mol. The standard InChI is InChI=1S/C13H16N/c1-3-6-12-8-10-14-9-5-4-7-13(14)11(12)2/h3,5-6,9H,1-2,4,7-8,10H2/q+1. The molecule has 0 saturated carbocycles. The first-order chi connectivity index (χ1) is 6.83. The van der Waals surface area contributed by atoms with Gasteiger partial charge in [0.25, 0.3) is 0 Å². The molecule has 0 unspecified atom stereocenters. The summed E-state index contributed by atoms with van der Waals surface area (Å²) < 4.78 is 2.33. The van der Waals surface area contributed by atoms with E-state index in [4.69, 9.17) is 0 Å². The fourth-order valence-corrected chi connectivity index (χ4v) is 2.09. The Bertz CT molecular complexity index is 367. The van der Waals surface area contributed by atoms with E-state index in [9.17, 15) is 0 Å². The molecule has 0 fully saturated rings. The molecule has 0 aromatic heterocycles. The third-order valence-electron chi connectivity index (χ3n) is 2.86. The van der Waals surface area contributed by atoms with E-state index < -0.39 is 0 Å². The summed E-state index contributed by atoms with van der Waals surface area (Å²) in [6.07, 6.45) is 11.7. The molecule has 0 amide bonds. The summed E-state index contributed by atoms with van der Waals surface area (Å²) in [5.41, 5.74) is 3.95. The third kappa shape index (κ3) is 1.50. The van der Waals surface area contributed by atoms with Crippen molar-refractivity contribution in [2.45, 2.75) is 19.3 Å². The lowest BCUT2D eigenvalue weighted by Crippen LogP contribution is -2.27. The lowest BCUT2D eigenvalue weighted by Gasteiger charge is -2.19. The summed E-state index contributed by atoms with van der Waals surface area (Å²) >= 11 is 0. The lowest BCUT2D eigenvalue weighted by atomic mass is 9.92. The zero-order valence-corrected chi connectivity index (χ0v) is 8.50. The zero-order chi connectivity index (χ0) is 9.97. The summed E-state index contributed by atoms with van der Waals surface area (Å²) in [6.45, 7) is 9.00. The number of hydrogen-bond acceptors (Lipinski definition) is 0. The van der Waals surface area contributed by atoms with Gasteiger partial charge >= 0.3 is 0 Å². The average Bonchev–Trinajstić information content (AvgIpc) is 2.23. The van der Waals surface area contributed by atoms with Crippen molar-refractivity contribution >= 4 is 5.71 Å². The van der Waals surface area contributed by atoms with E-state index in [0.29, 0.717) is 0 Å². The molecule has 0 aliphatic carbocycles. The van der Waals surface area contributed by atoms with E-state index in [1.54, 1.807) is 0 Å². The van der Waals surface area contributed by atoms with Crippen LogP contribution in [0.5, 0.6) is 0 Å². The Morgan fingerprint density at radius 3 is 3.00 bits per heavy atom. The molecule has 0 bridgehead atoms. The van der Waals surface area contributed by atoms with Crippen LogP contribution in [0.3, 0.4) is 0 Å². The zero-order valence-electron chi connectivity index (χ0n) is 8.50. The molecule has 0 radical (unpaired) electrons. The van der Waals surface area contributed by atoms with Crippen molar-refractivity contribution in [1.82, 2.24) is 0 Å². The molecule has 0 aromatic carbocycles. The Balaban J connectivity index is 2.35. The van der Waals surface area contributed by atoms with Gasteiger partial charge in [0.2, 0.25) is 0 Å². The number of nitrogens with zero attached hydrogens (tertiary/aromatic N) is 1. The highest BCUT2D eigenvalue weighted by Gasteiger charge is 2.26. The van der Waals surface area contributed by atoms with Gasteiger partial charge in [-0.05, 0) is 18.1 Å². The van der Waals surface area contributed by atoms with Crippen LogP contribution in [-0.2, 0) is 0 Å². The summed E-state index contributed by atoms with van der Waals surface area (Å²) in [6, 6.07) is 0. The quantitative estimate of drug-likeness (QED) is 0.554. The highest BCUT2D eigenvalue weighted by atomic mass is 15.0. The topological polar surface area (TPSA) is 3.01 Å². The average molecular weight is 186 g/mol. The van der Waals surface area contributed by atoms with Crippen molar-refractivity contribution in [2.24, 2.45) is 0 Å². The fourth-order valence-electron chi connectivity index (χ4n) is 2.09. The summed E-state index contributed by atoms with van der Waals surface area (Å²) in [5, 5.41) is 0. The van der Waals surface area contributed by atoms with E-state index in [-0.39, 0.29) is 0 Å². The lowest BCUT2D eigenvalue weighted by molar-refractivity contribution is -0.461. The minimum Gasteiger partial charge on any atom is -0.202 e. The molecule has 2 aliphatic heterocycles. The van der Waals surface area contributed by atoms with E-state index >= 15 is 0 Å². The first-order valence-corrected chi connectivity index (χ1v) is 5.13. The van der Waals surface area contributed by atoms with Crippen LogP contribution in [0.15, 0.2) is 48.7 Å². The second-order valence-corrected chi connectivity index (χ2v) is 3.72. The van der Waals surface area contributed by atoms with Crippen molar-refractivity contribution < 1.29 is 4.58 Å². The minimum absolute atomic E-state index is 1.08. The van der Waals surface area contributed by atoms with Crippen LogP contribution >= 0.6 is 0 Å². The molecule has 1 nitrogen and oxygen atoms in total. The van der Waals surface area contributed by atoms with E-state index in [1.807, 2.05) is 6.08 Å². The molecule has 2 heterocycles. The summed E-state index contributed by atoms with van der Waals surface area (Å²) in [5.74, 6) is 0. The van der Waals surface area contributed by atoms with Gasteiger partial charge < -0.3 is 0 Å². The van der Waals surface area contributed by atoms with Gasteiger partial charge in [0.15, 0.2) is 18.5 Å². The second-order valence-electron chi connectivity index (χ2n) is 3.72. The Kier molecular flexibility index (Phi) is 2.49. The largest absolute Gasteiger partial charge is 0.202 e. The maximum atomic E-state index is 4.17. The summed E-state index contributed by atoms with van der Waals surface area (Å²) in [4.78, 5) is 0. The first kappa shape index (κ1) is 9.20. The molecule has 0 atom stereocenters. The van der Waals surface area contributed by atoms with E-state index in [2.05, 4.69) is 36.1 Å². The smallest absolute Gasteiger partial charge is 0.188 e. The monoisotopic (exact) mass is 186 g/mol. The Labute approximate surface area is 85.5 Å². The van der Waals surface area contributed by atoms with Crippen LogP contribution in [-0.4, -0.2) is 16.8 Å².